The van der Waals surface area contributed by atoms with Crippen LogP contribution in [0.1, 0.15) is 28.6 Å². The highest BCUT2D eigenvalue weighted by Crippen LogP contribution is 2.11. The van der Waals surface area contributed by atoms with Gasteiger partial charge in [0.2, 0.25) is 0 Å². The molecule has 0 bridgehead atoms. The van der Waals surface area contributed by atoms with Crippen LogP contribution in [0.5, 0.6) is 0 Å². The first-order valence-electron chi connectivity index (χ1n) is 4.71. The number of hydrogen-bond acceptors (Lipinski definition) is 2. The second-order valence-corrected chi connectivity index (χ2v) is 3.63. The molecule has 1 aliphatic rings. The predicted octanol–water partition coefficient (Wildman–Crippen LogP) is 1.32. The van der Waals surface area contributed by atoms with Crippen LogP contribution >= 0.6 is 0 Å². The lowest BCUT2D eigenvalue weighted by Gasteiger charge is -2.20. The van der Waals surface area contributed by atoms with Gasteiger partial charge >= 0.3 is 0 Å². The lowest BCUT2D eigenvalue weighted by molar-refractivity contribution is 0.268. The number of hydrogen-bond donors (Lipinski definition) is 1. The second-order valence-electron chi connectivity index (χ2n) is 3.63. The first-order valence-corrected chi connectivity index (χ1v) is 4.71. The number of likely N-dealkylation sites (N-methyl/N-ethyl adjacent to an activating group) is 1. The molecule has 1 atom stereocenters. The molecule has 68 valence electrons. The second kappa shape index (κ2) is 4.07. The molecule has 1 fully saturated rings. The normalized spacial score (nSPS) is 26.7. The Hall–Kier alpha value is -0.0800. The first kappa shape index (κ1) is 9.01. The topological polar surface area (TPSA) is 15.3 Å². The van der Waals surface area contributed by atoms with Gasteiger partial charge in [0.25, 0.3) is 0 Å². The maximum atomic E-state index is 3.49. The Balaban J connectivity index is 0.00000121. The fraction of sp³-hybridized carbons (Fsp3) is 1.00. The maximum absolute atomic E-state index is 3.49. The van der Waals surface area contributed by atoms with Gasteiger partial charge in [-0.15, -0.1) is 0 Å². The molecule has 1 N–H and O–H groups in total. The van der Waals surface area contributed by atoms with Crippen LogP contribution in [-0.4, -0.2) is 36.6 Å². The van der Waals surface area contributed by atoms with Gasteiger partial charge in [-0.25, -0.2) is 0 Å². The highest BCUT2D eigenvalue weighted by Gasteiger charge is 2.22. The quantitative estimate of drug-likeness (QED) is 0.666. The molecule has 0 aromatic carbocycles. The van der Waals surface area contributed by atoms with E-state index in [2.05, 4.69) is 31.0 Å². The third kappa shape index (κ3) is 2.46. The van der Waals surface area contributed by atoms with Crippen molar-refractivity contribution < 1.29 is 1.43 Å². The molecular formula is C9H22N2. The fourth-order valence-electron chi connectivity index (χ4n) is 1.71. The molecule has 0 saturated carbocycles. The fourth-order valence-corrected chi connectivity index (χ4v) is 1.71. The summed E-state index contributed by atoms with van der Waals surface area (Å²) in [5, 5.41) is 3.49. The predicted molar refractivity (Wildman–Crippen MR) is 50.9 cm³/mol. The Kier molecular flexibility index (Phi) is 3.34. The number of nitrogens with one attached hydrogen (secondary N) is 1. The Bertz CT molecular complexity index is 117. The van der Waals surface area contributed by atoms with Gasteiger partial charge < -0.3 is 5.32 Å². The Morgan fingerprint density at radius 1 is 1.64 bits per heavy atom. The maximum Gasteiger partial charge on any atom is 0.0207 e. The molecule has 1 heterocycles. The number of nitrogens with zero attached hydrogens (tertiary/aromatic N) is 1. The number of likely N-dealkylation sites (tertiary alicyclic amines) is 1. The smallest absolute Gasteiger partial charge is 0.0207 e. The van der Waals surface area contributed by atoms with E-state index in [1.54, 1.807) is 0 Å². The summed E-state index contributed by atoms with van der Waals surface area (Å²) >= 11 is 0. The largest absolute Gasteiger partial charge is 0.313 e. The molecule has 0 aromatic heterocycles. The van der Waals surface area contributed by atoms with Crippen molar-refractivity contribution >= 4 is 0 Å². The Morgan fingerprint density at radius 3 is 2.82 bits per heavy atom. The van der Waals surface area contributed by atoms with E-state index in [0.717, 1.165) is 18.6 Å². The minimum absolute atomic E-state index is 0. The number of rotatable bonds is 3. The van der Waals surface area contributed by atoms with Crippen LogP contribution in [0.2, 0.25) is 0 Å². The van der Waals surface area contributed by atoms with Gasteiger partial charge in [0, 0.05) is 20.1 Å². The highest BCUT2D eigenvalue weighted by molar-refractivity contribution is 4.81. The average Bonchev–Trinajstić information content (AvgIpc) is 2.37. The van der Waals surface area contributed by atoms with Crippen LogP contribution in [-0.2, 0) is 0 Å². The third-order valence-electron chi connectivity index (χ3n) is 2.44. The Labute approximate surface area is 71.4 Å². The molecule has 0 aliphatic carbocycles. The van der Waals surface area contributed by atoms with Gasteiger partial charge in [-0.1, -0.05) is 6.92 Å². The van der Waals surface area contributed by atoms with E-state index in [0.29, 0.717) is 0 Å². The van der Waals surface area contributed by atoms with Gasteiger partial charge in [-0.05, 0) is 33.4 Å². The van der Waals surface area contributed by atoms with E-state index < -0.39 is 0 Å². The standard InChI is InChI=1S/C9H20N2.H2/c1-4-10-9-5-6-11(7-9)8(2)3;/h8-10H,4-7H2,1-3H3;1H. The molecule has 0 amide bonds. The SMILES string of the molecule is CCNC1CCN(C(C)C)C1.[HH]. The van der Waals surface area contributed by atoms with Crippen molar-refractivity contribution in [3.05, 3.63) is 0 Å². The van der Waals surface area contributed by atoms with Crippen LogP contribution in [0, 0.1) is 0 Å². The van der Waals surface area contributed by atoms with E-state index in [1.165, 1.54) is 19.5 Å². The molecular weight excluding hydrogens is 136 g/mol. The van der Waals surface area contributed by atoms with Crippen molar-refractivity contribution in [3.63, 3.8) is 0 Å². The zero-order chi connectivity index (χ0) is 8.27. The minimum atomic E-state index is 0. The molecule has 0 radical (unpaired) electrons. The van der Waals surface area contributed by atoms with Gasteiger partial charge in [0.05, 0.1) is 0 Å². The summed E-state index contributed by atoms with van der Waals surface area (Å²) in [7, 11) is 0. The van der Waals surface area contributed by atoms with Crippen molar-refractivity contribution in [2.75, 3.05) is 19.6 Å². The van der Waals surface area contributed by atoms with Gasteiger partial charge in [0.15, 0.2) is 0 Å². The molecule has 0 aromatic rings. The zero-order valence-corrected chi connectivity index (χ0v) is 7.93. The lowest BCUT2D eigenvalue weighted by atomic mass is 10.3. The summed E-state index contributed by atoms with van der Waals surface area (Å²) in [6.45, 7) is 10.3. The molecule has 2 nitrogen and oxygen atoms in total. The summed E-state index contributed by atoms with van der Waals surface area (Å²) in [6, 6.07) is 1.47. The molecule has 1 rings (SSSR count). The van der Waals surface area contributed by atoms with E-state index in [4.69, 9.17) is 0 Å². The monoisotopic (exact) mass is 158 g/mol. The van der Waals surface area contributed by atoms with Crippen LogP contribution in [0.4, 0.5) is 0 Å². The zero-order valence-electron chi connectivity index (χ0n) is 7.93. The van der Waals surface area contributed by atoms with E-state index in [-0.39, 0.29) is 1.43 Å². The van der Waals surface area contributed by atoms with Crippen LogP contribution in [0.25, 0.3) is 0 Å². The highest BCUT2D eigenvalue weighted by atomic mass is 15.2. The van der Waals surface area contributed by atoms with Gasteiger partial charge in [-0.2, -0.15) is 0 Å². The van der Waals surface area contributed by atoms with E-state index >= 15 is 0 Å². The summed E-state index contributed by atoms with van der Waals surface area (Å²) in [5.41, 5.74) is 0. The van der Waals surface area contributed by atoms with Gasteiger partial charge in [-0.3, -0.25) is 4.90 Å². The molecule has 1 saturated heterocycles. The van der Waals surface area contributed by atoms with Crippen LogP contribution in [0.3, 0.4) is 0 Å². The minimum Gasteiger partial charge on any atom is -0.313 e. The van der Waals surface area contributed by atoms with E-state index in [9.17, 15) is 0 Å². The van der Waals surface area contributed by atoms with Crippen molar-refractivity contribution in [2.45, 2.75) is 39.3 Å². The molecule has 1 unspecified atom stereocenters. The lowest BCUT2D eigenvalue weighted by Crippen LogP contribution is -2.34. The van der Waals surface area contributed by atoms with Crippen molar-refractivity contribution in [1.29, 1.82) is 0 Å². The molecule has 1 aliphatic heterocycles. The molecule has 2 heteroatoms. The third-order valence-corrected chi connectivity index (χ3v) is 2.44. The van der Waals surface area contributed by atoms with Gasteiger partial charge in [0.1, 0.15) is 0 Å². The van der Waals surface area contributed by atoms with E-state index in [1.807, 2.05) is 0 Å². The first-order chi connectivity index (χ1) is 5.24. The summed E-state index contributed by atoms with van der Waals surface area (Å²) < 4.78 is 0. The van der Waals surface area contributed by atoms with Crippen molar-refractivity contribution in [1.82, 2.24) is 10.2 Å². The Morgan fingerprint density at radius 2 is 2.36 bits per heavy atom. The molecule has 11 heavy (non-hydrogen) atoms. The van der Waals surface area contributed by atoms with Crippen LogP contribution in [0.15, 0.2) is 0 Å². The average molecular weight is 158 g/mol. The summed E-state index contributed by atoms with van der Waals surface area (Å²) in [4.78, 5) is 2.54. The van der Waals surface area contributed by atoms with Crippen molar-refractivity contribution in [3.8, 4) is 0 Å². The van der Waals surface area contributed by atoms with Crippen LogP contribution < -0.4 is 5.32 Å². The summed E-state index contributed by atoms with van der Waals surface area (Å²) in [5.74, 6) is 0. The van der Waals surface area contributed by atoms with Crippen molar-refractivity contribution in [2.24, 2.45) is 0 Å². The molecule has 0 spiro atoms. The summed E-state index contributed by atoms with van der Waals surface area (Å²) in [6.07, 6.45) is 1.33.